The molecule has 1 aliphatic heterocycles. The Balaban J connectivity index is 1.33. The Kier molecular flexibility index (Phi) is 7.17. The first kappa shape index (κ1) is 25.9. The van der Waals surface area contributed by atoms with Gasteiger partial charge in [0.1, 0.15) is 27.8 Å². The highest BCUT2D eigenvalue weighted by Crippen LogP contribution is 2.33. The molecular weight excluding hydrogens is 515 g/mol. The average molecular weight is 543 g/mol. The number of carbonyl (C=O) groups excluding carboxylic acids is 1. The van der Waals surface area contributed by atoms with E-state index in [2.05, 4.69) is 15.4 Å². The minimum atomic E-state index is -3.19. The molecule has 1 N–H and O–H groups in total. The predicted octanol–water partition coefficient (Wildman–Crippen LogP) is 3.70. The molecule has 0 spiro atoms. The van der Waals surface area contributed by atoms with Crippen LogP contribution in [0, 0.1) is 5.82 Å². The molecule has 38 heavy (non-hydrogen) atoms. The largest absolute Gasteiger partial charge is 0.488 e. The lowest BCUT2D eigenvalue weighted by Gasteiger charge is -2.24. The van der Waals surface area contributed by atoms with Crippen LogP contribution in [0.3, 0.4) is 0 Å². The quantitative estimate of drug-likeness (QED) is 0.317. The number of hydrogen-bond acceptors (Lipinski definition) is 8. The van der Waals surface area contributed by atoms with Crippen LogP contribution in [0.15, 0.2) is 47.0 Å². The van der Waals surface area contributed by atoms with Gasteiger partial charge in [-0.05, 0) is 31.0 Å². The van der Waals surface area contributed by atoms with E-state index < -0.39 is 15.7 Å². The van der Waals surface area contributed by atoms with Crippen LogP contribution < -0.4 is 4.74 Å². The van der Waals surface area contributed by atoms with Crippen molar-refractivity contribution < 1.29 is 31.6 Å². The molecule has 0 saturated carbocycles. The van der Waals surface area contributed by atoms with Crippen LogP contribution in [0.2, 0.25) is 0 Å². The van der Waals surface area contributed by atoms with Gasteiger partial charge >= 0.3 is 0 Å². The van der Waals surface area contributed by atoms with Crippen molar-refractivity contribution in [2.45, 2.75) is 18.9 Å². The number of sulfone groups is 1. The molecule has 10 nitrogen and oxygen atoms in total. The molecule has 2 aromatic heterocycles. The first-order chi connectivity index (χ1) is 18.2. The second-order valence-corrected chi connectivity index (χ2v) is 11.5. The summed E-state index contributed by atoms with van der Waals surface area (Å²) in [6.45, 7) is 1.09. The maximum Gasteiger partial charge on any atom is 0.254 e. The molecule has 1 aliphatic rings. The molecule has 0 bridgehead atoms. The van der Waals surface area contributed by atoms with Crippen LogP contribution in [0.1, 0.15) is 23.2 Å². The molecule has 5 rings (SSSR count). The van der Waals surface area contributed by atoms with Crippen LogP contribution in [-0.2, 0) is 14.6 Å². The number of amides is 1. The number of ether oxygens (including phenoxy) is 2. The summed E-state index contributed by atoms with van der Waals surface area (Å²) in [5.41, 5.74) is 2.68. The zero-order chi connectivity index (χ0) is 26.9. The Morgan fingerprint density at radius 1 is 1.21 bits per heavy atom. The van der Waals surface area contributed by atoms with Crippen LogP contribution >= 0.6 is 0 Å². The highest BCUT2D eigenvalue weighted by atomic mass is 32.2. The van der Waals surface area contributed by atoms with Crippen molar-refractivity contribution in [1.82, 2.24) is 20.3 Å². The zero-order valence-electron chi connectivity index (χ0n) is 20.9. The van der Waals surface area contributed by atoms with E-state index in [1.807, 2.05) is 0 Å². The van der Waals surface area contributed by atoms with Gasteiger partial charge in [0.05, 0.1) is 17.9 Å². The second kappa shape index (κ2) is 10.5. The smallest absolute Gasteiger partial charge is 0.254 e. The lowest BCUT2D eigenvalue weighted by Crippen LogP contribution is -2.39. The van der Waals surface area contributed by atoms with E-state index in [4.69, 9.17) is 14.0 Å². The van der Waals surface area contributed by atoms with Crippen molar-refractivity contribution in [1.29, 1.82) is 0 Å². The number of rotatable bonds is 9. The van der Waals surface area contributed by atoms with E-state index in [0.29, 0.717) is 58.8 Å². The molecular formula is C26H27FN4O6S. The van der Waals surface area contributed by atoms with Gasteiger partial charge < -0.3 is 18.9 Å². The number of halogens is 1. The summed E-state index contributed by atoms with van der Waals surface area (Å²) in [5.74, 6) is -0.326. The summed E-state index contributed by atoms with van der Waals surface area (Å²) in [7, 11) is -1.65. The SMILES string of the molecule is COCCOc1cc2[nH]nc(-c3cc(-c4ccc(C(=O)N5CCC[C@H]5CS(C)(=O)=O)cc4)no3)c2cc1F. The number of aromatic amines is 1. The lowest BCUT2D eigenvalue weighted by atomic mass is 10.1. The number of H-pyrrole nitrogens is 1. The number of methoxy groups -OCH3 is 1. The Labute approximate surface area is 218 Å². The Morgan fingerprint density at radius 2 is 2.00 bits per heavy atom. The number of carbonyl (C=O) groups is 1. The van der Waals surface area contributed by atoms with Gasteiger partial charge in [-0.2, -0.15) is 5.10 Å². The summed E-state index contributed by atoms with van der Waals surface area (Å²) < 4.78 is 53.9. The highest BCUT2D eigenvalue weighted by molar-refractivity contribution is 7.90. The second-order valence-electron chi connectivity index (χ2n) is 9.28. The monoisotopic (exact) mass is 542 g/mol. The molecule has 1 atom stereocenters. The third-order valence-corrected chi connectivity index (χ3v) is 7.45. The van der Waals surface area contributed by atoms with Crippen molar-refractivity contribution in [2.24, 2.45) is 0 Å². The minimum Gasteiger partial charge on any atom is -0.488 e. The van der Waals surface area contributed by atoms with E-state index in [1.54, 1.807) is 35.2 Å². The molecule has 1 saturated heterocycles. The topological polar surface area (TPSA) is 128 Å². The molecule has 4 aromatic rings. The number of benzene rings is 2. The number of fused-ring (bicyclic) bond motifs is 1. The Bertz CT molecular complexity index is 1560. The Morgan fingerprint density at radius 3 is 2.74 bits per heavy atom. The summed E-state index contributed by atoms with van der Waals surface area (Å²) in [5, 5.41) is 11.8. The van der Waals surface area contributed by atoms with Gasteiger partial charge in [0.15, 0.2) is 17.3 Å². The number of likely N-dealkylation sites (tertiary alicyclic amines) is 1. The average Bonchev–Trinajstić information content (AvgIpc) is 3.63. The van der Waals surface area contributed by atoms with Crippen LogP contribution in [0.5, 0.6) is 5.75 Å². The third kappa shape index (κ3) is 5.41. The fraction of sp³-hybridized carbons (Fsp3) is 0.346. The van der Waals surface area contributed by atoms with Crippen LogP contribution in [0.25, 0.3) is 33.6 Å². The first-order valence-corrected chi connectivity index (χ1v) is 14.1. The van der Waals surface area contributed by atoms with Gasteiger partial charge in [0.25, 0.3) is 5.91 Å². The lowest BCUT2D eigenvalue weighted by molar-refractivity contribution is 0.0749. The molecule has 0 unspecified atom stereocenters. The predicted molar refractivity (Wildman–Crippen MR) is 138 cm³/mol. The standard InChI is InChI=1S/C26H27FN4O6S/c1-35-10-11-36-23-14-22-19(12-20(23)27)25(29-28-22)24-13-21(30-37-24)16-5-7-17(8-6-16)26(32)31-9-3-4-18(31)15-38(2,33)34/h5-8,12-14,18H,3-4,9-11,15H2,1-2H3,(H,28,29)/t18-/m0/s1. The van der Waals surface area contributed by atoms with Crippen molar-refractivity contribution >= 4 is 26.6 Å². The van der Waals surface area contributed by atoms with Crippen molar-refractivity contribution in [2.75, 3.05) is 38.9 Å². The molecule has 3 heterocycles. The van der Waals surface area contributed by atoms with Gasteiger partial charge in [-0.1, -0.05) is 17.3 Å². The summed E-state index contributed by atoms with van der Waals surface area (Å²) in [6, 6.07) is 11.1. The van der Waals surface area contributed by atoms with Gasteiger partial charge in [-0.25, -0.2) is 12.8 Å². The fourth-order valence-corrected chi connectivity index (χ4v) is 5.70. The first-order valence-electron chi connectivity index (χ1n) is 12.1. The van der Waals surface area contributed by atoms with Gasteiger partial charge in [0.2, 0.25) is 0 Å². The highest BCUT2D eigenvalue weighted by Gasteiger charge is 2.31. The summed E-state index contributed by atoms with van der Waals surface area (Å²) >= 11 is 0. The van der Waals surface area contributed by atoms with Crippen molar-refractivity contribution in [3.05, 3.63) is 53.8 Å². The molecule has 0 radical (unpaired) electrons. The molecule has 2 aromatic carbocycles. The number of nitrogens with zero attached hydrogens (tertiary/aromatic N) is 3. The zero-order valence-corrected chi connectivity index (χ0v) is 21.8. The fourth-order valence-electron chi connectivity index (χ4n) is 4.65. The molecule has 1 fully saturated rings. The van der Waals surface area contributed by atoms with Crippen molar-refractivity contribution in [3.63, 3.8) is 0 Å². The van der Waals surface area contributed by atoms with E-state index in [0.717, 1.165) is 6.42 Å². The Hall–Kier alpha value is -3.77. The number of nitrogens with one attached hydrogen (secondary N) is 1. The van der Waals surface area contributed by atoms with Crippen LogP contribution in [-0.4, -0.2) is 79.5 Å². The van der Waals surface area contributed by atoms with Gasteiger partial charge in [-0.15, -0.1) is 0 Å². The number of hydrogen-bond donors (Lipinski definition) is 1. The van der Waals surface area contributed by atoms with E-state index >= 15 is 0 Å². The molecule has 0 aliphatic carbocycles. The molecule has 200 valence electrons. The van der Waals surface area contributed by atoms with E-state index in [9.17, 15) is 17.6 Å². The minimum absolute atomic E-state index is 0.0353. The third-order valence-electron chi connectivity index (χ3n) is 6.46. The molecule has 1 amide bonds. The molecule has 12 heteroatoms. The van der Waals surface area contributed by atoms with E-state index in [1.165, 1.54) is 25.5 Å². The van der Waals surface area contributed by atoms with Gasteiger partial charge in [-0.3, -0.25) is 9.89 Å². The van der Waals surface area contributed by atoms with Gasteiger partial charge in [0, 0.05) is 54.6 Å². The number of aromatic nitrogens is 3. The van der Waals surface area contributed by atoms with E-state index in [-0.39, 0.29) is 30.1 Å². The maximum atomic E-state index is 14.6. The normalized spacial score (nSPS) is 15.9. The summed E-state index contributed by atoms with van der Waals surface area (Å²) in [6.07, 6.45) is 2.64. The van der Waals surface area contributed by atoms with Crippen molar-refractivity contribution in [3.8, 4) is 28.5 Å². The maximum absolute atomic E-state index is 14.6. The van der Waals surface area contributed by atoms with Crippen LogP contribution in [0.4, 0.5) is 4.39 Å². The summed E-state index contributed by atoms with van der Waals surface area (Å²) in [4.78, 5) is 14.7.